The molecule has 4 aromatic rings. The minimum absolute atomic E-state index is 0.460. The molecular weight excluding hydrogens is 488 g/mol. The van der Waals surface area contributed by atoms with Crippen LogP contribution in [0.2, 0.25) is 0 Å². The van der Waals surface area contributed by atoms with Crippen LogP contribution in [-0.4, -0.2) is 77.7 Å². The van der Waals surface area contributed by atoms with Crippen molar-refractivity contribution in [3.63, 3.8) is 0 Å². The number of fused-ring (bicyclic) bond motifs is 1. The van der Waals surface area contributed by atoms with E-state index in [1.165, 1.54) is 37.9 Å². The average molecular weight is 525 g/mol. The van der Waals surface area contributed by atoms with Gasteiger partial charge < -0.3 is 14.4 Å². The van der Waals surface area contributed by atoms with Gasteiger partial charge in [0.25, 0.3) is 5.88 Å². The van der Waals surface area contributed by atoms with Crippen molar-refractivity contribution in [3.8, 4) is 34.5 Å². The number of rotatable bonds is 5. The van der Waals surface area contributed by atoms with Gasteiger partial charge in [0.05, 0.1) is 43.3 Å². The highest BCUT2D eigenvalue weighted by atomic mass is 16.5. The predicted molar refractivity (Wildman–Crippen MR) is 153 cm³/mol. The van der Waals surface area contributed by atoms with E-state index in [9.17, 15) is 0 Å². The number of benzene rings is 2. The van der Waals surface area contributed by atoms with Gasteiger partial charge in [-0.1, -0.05) is 42.8 Å². The normalized spacial score (nSPS) is 16.3. The van der Waals surface area contributed by atoms with E-state index < -0.39 is 0 Å². The Morgan fingerprint density at radius 1 is 0.923 bits per heavy atom. The van der Waals surface area contributed by atoms with Crippen molar-refractivity contribution >= 4 is 5.65 Å². The van der Waals surface area contributed by atoms with Crippen molar-refractivity contribution in [1.29, 1.82) is 5.26 Å². The lowest BCUT2D eigenvalue weighted by Crippen LogP contribution is -2.35. The Bertz CT molecular complexity index is 1400. The van der Waals surface area contributed by atoms with Crippen LogP contribution in [0.1, 0.15) is 30.4 Å². The summed E-state index contributed by atoms with van der Waals surface area (Å²) in [6.07, 6.45) is 7.94. The van der Waals surface area contributed by atoms with Crippen LogP contribution in [0.15, 0.2) is 60.9 Å². The summed E-state index contributed by atoms with van der Waals surface area (Å²) in [5.74, 6) is 0.460. The van der Waals surface area contributed by atoms with Gasteiger partial charge in [-0.3, -0.25) is 9.30 Å². The molecule has 0 saturated carbocycles. The van der Waals surface area contributed by atoms with Gasteiger partial charge in [0.15, 0.2) is 0 Å². The number of ether oxygens (including phenoxy) is 2. The molecule has 0 atom stereocenters. The van der Waals surface area contributed by atoms with Gasteiger partial charge in [-0.05, 0) is 50.7 Å². The summed E-state index contributed by atoms with van der Waals surface area (Å²) in [5, 5.41) is 9.16. The summed E-state index contributed by atoms with van der Waals surface area (Å²) in [6.45, 7) is 7.06. The molecule has 2 aliphatic rings. The monoisotopic (exact) mass is 524 g/mol. The number of hydrogen-bond acceptors (Lipinski definition) is 7. The summed E-state index contributed by atoms with van der Waals surface area (Å²) in [6, 6.07) is 18.2. The summed E-state index contributed by atoms with van der Waals surface area (Å²) in [7, 11) is 3.79. The Labute approximate surface area is 230 Å². The standard InChI is InChI=1S/C25H23N5O2.C6H13N/c1-31-25-24-27-10-11-30(24)23(22(28-25)20-6-2-18(16-26)3-7-20)21-8-4-19(5-9-21)17-29-12-14-32-15-13-29;1-7-5-3-2-4-6-7/h2-11H,12-15,17H2,1H3;2-6H2,1H3. The molecule has 0 radical (unpaired) electrons. The largest absolute Gasteiger partial charge is 0.478 e. The zero-order valence-corrected chi connectivity index (χ0v) is 22.8. The van der Waals surface area contributed by atoms with Gasteiger partial charge in [-0.15, -0.1) is 0 Å². The minimum atomic E-state index is 0.460. The summed E-state index contributed by atoms with van der Waals surface area (Å²) < 4.78 is 13.0. The first-order valence-corrected chi connectivity index (χ1v) is 13.7. The molecule has 2 fully saturated rings. The van der Waals surface area contributed by atoms with Crippen molar-refractivity contribution in [2.75, 3.05) is 53.6 Å². The minimum Gasteiger partial charge on any atom is -0.478 e. The van der Waals surface area contributed by atoms with Crippen LogP contribution < -0.4 is 4.74 Å². The molecule has 6 rings (SSSR count). The number of imidazole rings is 1. The van der Waals surface area contributed by atoms with Gasteiger partial charge in [-0.25, -0.2) is 9.97 Å². The van der Waals surface area contributed by atoms with Gasteiger partial charge in [0, 0.05) is 43.2 Å². The molecule has 0 spiro atoms. The summed E-state index contributed by atoms with van der Waals surface area (Å²) >= 11 is 0. The molecule has 0 aliphatic carbocycles. The Morgan fingerprint density at radius 3 is 2.23 bits per heavy atom. The number of hydrogen-bond donors (Lipinski definition) is 0. The third-order valence-electron chi connectivity index (χ3n) is 7.31. The smallest absolute Gasteiger partial charge is 0.258 e. The maximum absolute atomic E-state index is 9.16. The average Bonchev–Trinajstić information content (AvgIpc) is 3.48. The highest BCUT2D eigenvalue weighted by Gasteiger charge is 2.19. The number of nitriles is 1. The number of likely N-dealkylation sites (tertiary alicyclic amines) is 1. The number of morpholine rings is 1. The van der Waals surface area contributed by atoms with Crippen molar-refractivity contribution in [1.82, 2.24) is 24.2 Å². The number of methoxy groups -OCH3 is 1. The zero-order chi connectivity index (χ0) is 27.0. The molecule has 2 aromatic heterocycles. The molecule has 4 heterocycles. The van der Waals surface area contributed by atoms with E-state index >= 15 is 0 Å². The highest BCUT2D eigenvalue weighted by molar-refractivity contribution is 5.81. The Balaban J connectivity index is 0.000000384. The summed E-state index contributed by atoms with van der Waals surface area (Å²) in [5.41, 5.74) is 6.19. The Hall–Kier alpha value is -3.77. The molecule has 2 aliphatic heterocycles. The molecule has 39 heavy (non-hydrogen) atoms. The van der Waals surface area contributed by atoms with Crippen LogP contribution in [-0.2, 0) is 11.3 Å². The molecule has 0 N–H and O–H groups in total. The van der Waals surface area contributed by atoms with Crippen molar-refractivity contribution in [2.24, 2.45) is 0 Å². The van der Waals surface area contributed by atoms with E-state index in [1.807, 2.05) is 22.7 Å². The van der Waals surface area contributed by atoms with E-state index in [0.29, 0.717) is 17.1 Å². The van der Waals surface area contributed by atoms with Crippen LogP contribution in [0.4, 0.5) is 0 Å². The molecule has 0 amide bonds. The summed E-state index contributed by atoms with van der Waals surface area (Å²) in [4.78, 5) is 14.0. The fraction of sp³-hybridized carbons (Fsp3) is 0.387. The highest BCUT2D eigenvalue weighted by Crippen LogP contribution is 2.34. The number of nitrogens with zero attached hydrogens (tertiary/aromatic N) is 6. The first kappa shape index (κ1) is 26.8. The van der Waals surface area contributed by atoms with Crippen molar-refractivity contribution in [3.05, 3.63) is 72.1 Å². The second-order valence-electron chi connectivity index (χ2n) is 10.1. The van der Waals surface area contributed by atoms with Crippen molar-refractivity contribution < 1.29 is 9.47 Å². The molecule has 8 nitrogen and oxygen atoms in total. The van der Waals surface area contributed by atoms with Crippen molar-refractivity contribution in [2.45, 2.75) is 25.8 Å². The van der Waals surface area contributed by atoms with Crippen LogP contribution in [0.5, 0.6) is 5.88 Å². The third-order valence-corrected chi connectivity index (χ3v) is 7.31. The molecular formula is C31H36N6O2. The second-order valence-corrected chi connectivity index (χ2v) is 10.1. The maximum Gasteiger partial charge on any atom is 0.258 e. The van der Waals surface area contributed by atoms with Crippen LogP contribution in [0.25, 0.3) is 28.2 Å². The lowest BCUT2D eigenvalue weighted by atomic mass is 10.0. The third kappa shape index (κ3) is 6.45. The van der Waals surface area contributed by atoms with Gasteiger partial charge >= 0.3 is 0 Å². The quantitative estimate of drug-likeness (QED) is 0.368. The molecule has 2 saturated heterocycles. The van der Waals surface area contributed by atoms with Crippen LogP contribution in [0, 0.1) is 11.3 Å². The Morgan fingerprint density at radius 2 is 1.62 bits per heavy atom. The van der Waals surface area contributed by atoms with E-state index in [0.717, 1.165) is 55.4 Å². The van der Waals surface area contributed by atoms with Gasteiger partial charge in [0.2, 0.25) is 5.65 Å². The first-order valence-electron chi connectivity index (χ1n) is 13.7. The topological polar surface area (TPSA) is 78.9 Å². The lowest BCUT2D eigenvalue weighted by molar-refractivity contribution is 0.0342. The maximum atomic E-state index is 9.16. The van der Waals surface area contributed by atoms with E-state index in [-0.39, 0.29) is 0 Å². The molecule has 0 unspecified atom stereocenters. The van der Waals surface area contributed by atoms with Gasteiger partial charge in [0.1, 0.15) is 0 Å². The first-order chi connectivity index (χ1) is 19.2. The van der Waals surface area contributed by atoms with Gasteiger partial charge in [-0.2, -0.15) is 5.26 Å². The SMILES string of the molecule is CN1CCCCC1.COc1nc(-c2ccc(C#N)cc2)c(-c2ccc(CN3CCOCC3)cc2)n2ccnc12. The fourth-order valence-corrected chi connectivity index (χ4v) is 5.11. The zero-order valence-electron chi connectivity index (χ0n) is 22.8. The molecule has 0 bridgehead atoms. The fourth-order valence-electron chi connectivity index (χ4n) is 5.11. The Kier molecular flexibility index (Phi) is 8.84. The lowest BCUT2D eigenvalue weighted by Gasteiger charge is -2.26. The molecule has 2 aromatic carbocycles. The predicted octanol–water partition coefficient (Wildman–Crippen LogP) is 4.88. The number of piperidine rings is 1. The van der Waals surface area contributed by atoms with E-state index in [2.05, 4.69) is 52.2 Å². The molecule has 8 heteroatoms. The number of aromatic nitrogens is 3. The molecule has 202 valence electrons. The van der Waals surface area contributed by atoms with E-state index in [1.54, 1.807) is 25.4 Å². The van der Waals surface area contributed by atoms with E-state index in [4.69, 9.17) is 19.7 Å². The second kappa shape index (κ2) is 12.9. The van der Waals surface area contributed by atoms with Crippen LogP contribution >= 0.6 is 0 Å². The van der Waals surface area contributed by atoms with Crippen LogP contribution in [0.3, 0.4) is 0 Å².